The van der Waals surface area contributed by atoms with Crippen LogP contribution in [0.15, 0.2) is 24.3 Å². The van der Waals surface area contributed by atoms with E-state index in [4.69, 9.17) is 9.47 Å². The van der Waals surface area contributed by atoms with Gasteiger partial charge in [-0.3, -0.25) is 4.79 Å². The van der Waals surface area contributed by atoms with Crippen LogP contribution in [0.2, 0.25) is 0 Å². The molecule has 0 bridgehead atoms. The van der Waals surface area contributed by atoms with Crippen molar-refractivity contribution in [2.45, 2.75) is 44.4 Å². The normalized spacial score (nSPS) is 24.3. The fourth-order valence-corrected chi connectivity index (χ4v) is 2.86. The molecular weight excluding hydrogens is 301 g/mol. The predicted octanol–water partition coefficient (Wildman–Crippen LogP) is 1.98. The third kappa shape index (κ3) is 4.65. The summed E-state index contributed by atoms with van der Waals surface area (Å²) < 4.78 is 24.1. The summed E-state index contributed by atoms with van der Waals surface area (Å²) in [5.74, 6) is -0.159. The molecule has 1 N–H and O–H groups in total. The molecule has 1 aliphatic carbocycles. The quantitative estimate of drug-likeness (QED) is 0.869. The number of ether oxygens (including phenoxy) is 2. The first kappa shape index (κ1) is 17.7. The van der Waals surface area contributed by atoms with Gasteiger partial charge in [0.1, 0.15) is 30.4 Å². The number of halogens is 1. The van der Waals surface area contributed by atoms with Gasteiger partial charge < -0.3 is 19.5 Å². The van der Waals surface area contributed by atoms with Gasteiger partial charge in [-0.2, -0.15) is 0 Å². The Bertz CT molecular complexity index is 525. The molecule has 0 aromatic heterocycles. The van der Waals surface area contributed by atoms with Crippen LogP contribution in [0.5, 0.6) is 5.75 Å². The second kappa shape index (κ2) is 8.26. The number of aliphatic hydroxyl groups excluding tert-OH is 1. The lowest BCUT2D eigenvalue weighted by Crippen LogP contribution is -2.54. The SMILES string of the molecule is CCOCC(=O)N(C)[C@@H]1CCC[C@H](Oc2cccc(F)c2)[C@H]1O. The van der Waals surface area contributed by atoms with Gasteiger partial charge in [0.25, 0.3) is 0 Å². The van der Waals surface area contributed by atoms with Gasteiger partial charge in [-0.1, -0.05) is 6.07 Å². The smallest absolute Gasteiger partial charge is 0.248 e. The minimum absolute atomic E-state index is 0.00560. The largest absolute Gasteiger partial charge is 0.488 e. The van der Waals surface area contributed by atoms with Crippen LogP contribution in [-0.4, -0.2) is 54.4 Å². The van der Waals surface area contributed by atoms with E-state index >= 15 is 0 Å². The molecule has 0 radical (unpaired) electrons. The lowest BCUT2D eigenvalue weighted by molar-refractivity contribution is -0.142. The Balaban J connectivity index is 1.99. The topological polar surface area (TPSA) is 59.0 Å². The van der Waals surface area contributed by atoms with Crippen molar-refractivity contribution in [3.63, 3.8) is 0 Å². The van der Waals surface area contributed by atoms with Crippen LogP contribution in [-0.2, 0) is 9.53 Å². The van der Waals surface area contributed by atoms with E-state index in [2.05, 4.69) is 0 Å². The third-order valence-corrected chi connectivity index (χ3v) is 4.17. The highest BCUT2D eigenvalue weighted by molar-refractivity contribution is 5.77. The molecule has 1 aliphatic rings. The molecule has 1 aromatic carbocycles. The molecule has 0 saturated heterocycles. The molecule has 0 unspecified atom stereocenters. The average molecular weight is 325 g/mol. The molecule has 0 heterocycles. The zero-order valence-corrected chi connectivity index (χ0v) is 13.6. The maximum atomic E-state index is 13.2. The molecule has 0 spiro atoms. The Kier molecular flexibility index (Phi) is 6.36. The van der Waals surface area contributed by atoms with Gasteiger partial charge in [0, 0.05) is 19.7 Å². The Hall–Kier alpha value is -1.66. The van der Waals surface area contributed by atoms with Gasteiger partial charge in [-0.05, 0) is 38.3 Å². The van der Waals surface area contributed by atoms with Gasteiger partial charge in [0.2, 0.25) is 5.91 Å². The molecule has 1 saturated carbocycles. The molecule has 23 heavy (non-hydrogen) atoms. The maximum Gasteiger partial charge on any atom is 0.248 e. The van der Waals surface area contributed by atoms with E-state index < -0.39 is 12.2 Å². The average Bonchev–Trinajstić information content (AvgIpc) is 2.54. The second-order valence-electron chi connectivity index (χ2n) is 5.74. The first-order valence-corrected chi connectivity index (χ1v) is 7.96. The van der Waals surface area contributed by atoms with Gasteiger partial charge in [0.15, 0.2) is 0 Å². The lowest BCUT2D eigenvalue weighted by atomic mass is 9.89. The molecule has 1 fully saturated rings. The van der Waals surface area contributed by atoms with E-state index in [1.54, 1.807) is 19.2 Å². The Morgan fingerprint density at radius 2 is 2.22 bits per heavy atom. The number of aliphatic hydroxyl groups is 1. The fraction of sp³-hybridized carbons (Fsp3) is 0.588. The zero-order valence-electron chi connectivity index (χ0n) is 13.6. The number of carbonyl (C=O) groups excluding carboxylic acids is 1. The Morgan fingerprint density at radius 1 is 1.43 bits per heavy atom. The van der Waals surface area contributed by atoms with Crippen LogP contribution in [0.4, 0.5) is 4.39 Å². The van der Waals surface area contributed by atoms with Gasteiger partial charge in [-0.25, -0.2) is 4.39 Å². The van der Waals surface area contributed by atoms with E-state index in [1.165, 1.54) is 17.0 Å². The number of benzene rings is 1. The van der Waals surface area contributed by atoms with Gasteiger partial charge in [-0.15, -0.1) is 0 Å². The molecule has 2 rings (SSSR count). The Labute approximate surface area is 136 Å². The monoisotopic (exact) mass is 325 g/mol. The van der Waals surface area contributed by atoms with E-state index in [1.807, 2.05) is 6.92 Å². The highest BCUT2D eigenvalue weighted by Crippen LogP contribution is 2.27. The van der Waals surface area contributed by atoms with Crippen molar-refractivity contribution in [2.75, 3.05) is 20.3 Å². The van der Waals surface area contributed by atoms with Crippen molar-refractivity contribution in [1.29, 1.82) is 0 Å². The standard InChI is InChI=1S/C17H24FNO4/c1-3-22-11-16(20)19(2)14-8-5-9-15(17(14)21)23-13-7-4-6-12(18)10-13/h4,6-7,10,14-15,17,21H,3,5,8-9,11H2,1-2H3/t14-,15+,17+/m1/s1. The van der Waals surface area contributed by atoms with Gasteiger partial charge >= 0.3 is 0 Å². The summed E-state index contributed by atoms with van der Waals surface area (Å²) in [6.07, 6.45) is 0.925. The number of likely N-dealkylation sites (N-methyl/N-ethyl adjacent to an activating group) is 1. The van der Waals surface area contributed by atoms with Crippen LogP contribution >= 0.6 is 0 Å². The van der Waals surface area contributed by atoms with Crippen molar-refractivity contribution < 1.29 is 23.8 Å². The van der Waals surface area contributed by atoms with Crippen LogP contribution in [0, 0.1) is 5.82 Å². The van der Waals surface area contributed by atoms with Crippen molar-refractivity contribution >= 4 is 5.91 Å². The molecule has 0 aliphatic heterocycles. The summed E-state index contributed by atoms with van der Waals surface area (Å²) in [6, 6.07) is 5.53. The van der Waals surface area contributed by atoms with Crippen molar-refractivity contribution in [3.05, 3.63) is 30.1 Å². The lowest BCUT2D eigenvalue weighted by Gasteiger charge is -2.39. The predicted molar refractivity (Wildman–Crippen MR) is 83.7 cm³/mol. The van der Waals surface area contributed by atoms with Crippen molar-refractivity contribution in [1.82, 2.24) is 4.90 Å². The number of nitrogens with zero attached hydrogens (tertiary/aromatic N) is 1. The number of rotatable bonds is 6. The molecule has 1 amide bonds. The van der Waals surface area contributed by atoms with Crippen LogP contribution in [0.3, 0.4) is 0 Å². The molecule has 3 atom stereocenters. The van der Waals surface area contributed by atoms with Gasteiger partial charge in [0.05, 0.1) is 6.04 Å². The molecular formula is C17H24FNO4. The summed E-state index contributed by atoms with van der Waals surface area (Å²) >= 11 is 0. The summed E-state index contributed by atoms with van der Waals surface area (Å²) in [5.41, 5.74) is 0. The maximum absolute atomic E-state index is 13.2. The van der Waals surface area contributed by atoms with E-state index in [0.29, 0.717) is 25.2 Å². The fourth-order valence-electron chi connectivity index (χ4n) is 2.86. The van der Waals surface area contributed by atoms with Crippen molar-refractivity contribution in [3.8, 4) is 5.75 Å². The molecule has 5 nitrogen and oxygen atoms in total. The second-order valence-corrected chi connectivity index (χ2v) is 5.74. The van der Waals surface area contributed by atoms with Crippen LogP contribution < -0.4 is 4.74 Å². The van der Waals surface area contributed by atoms with E-state index in [-0.39, 0.29) is 24.4 Å². The van der Waals surface area contributed by atoms with Crippen LogP contribution in [0.1, 0.15) is 26.2 Å². The van der Waals surface area contributed by atoms with Crippen molar-refractivity contribution in [2.24, 2.45) is 0 Å². The van der Waals surface area contributed by atoms with E-state index in [9.17, 15) is 14.3 Å². The first-order chi connectivity index (χ1) is 11.0. The number of amides is 1. The third-order valence-electron chi connectivity index (χ3n) is 4.17. The highest BCUT2D eigenvalue weighted by atomic mass is 19.1. The number of hydrogen-bond donors (Lipinski definition) is 1. The molecule has 128 valence electrons. The minimum Gasteiger partial charge on any atom is -0.488 e. The first-order valence-electron chi connectivity index (χ1n) is 7.96. The highest BCUT2D eigenvalue weighted by Gasteiger charge is 2.37. The van der Waals surface area contributed by atoms with E-state index in [0.717, 1.165) is 6.42 Å². The summed E-state index contributed by atoms with van der Waals surface area (Å²) in [6.45, 7) is 2.30. The Morgan fingerprint density at radius 3 is 2.91 bits per heavy atom. The number of carbonyl (C=O) groups is 1. The summed E-state index contributed by atoms with van der Waals surface area (Å²) in [7, 11) is 1.67. The molecule has 1 aromatic rings. The van der Waals surface area contributed by atoms with Crippen LogP contribution in [0.25, 0.3) is 0 Å². The molecule has 6 heteroatoms. The minimum atomic E-state index is -0.817. The number of hydrogen-bond acceptors (Lipinski definition) is 4. The zero-order chi connectivity index (χ0) is 16.8. The summed E-state index contributed by atoms with van der Waals surface area (Å²) in [5, 5.41) is 10.6. The summed E-state index contributed by atoms with van der Waals surface area (Å²) in [4.78, 5) is 13.6.